The molecule has 11 heteroatoms. The number of rotatable bonds is 3. The zero-order chi connectivity index (χ0) is 25.3. The summed E-state index contributed by atoms with van der Waals surface area (Å²) in [5.74, 6) is -0.471. The van der Waals surface area contributed by atoms with Gasteiger partial charge in [0, 0.05) is 18.3 Å². The third-order valence-electron chi connectivity index (χ3n) is 7.77. The minimum atomic E-state index is -4.60. The number of halogens is 4. The number of benzene rings is 2. The normalized spacial score (nSPS) is 27.3. The number of aromatic nitrogens is 1. The van der Waals surface area contributed by atoms with E-state index >= 15 is 0 Å². The molecule has 3 aromatic rings. The fourth-order valence-corrected chi connectivity index (χ4v) is 8.78. The molecule has 3 atom stereocenters. The van der Waals surface area contributed by atoms with E-state index in [1.807, 2.05) is 18.2 Å². The van der Waals surface area contributed by atoms with Crippen molar-refractivity contribution in [1.82, 2.24) is 14.0 Å². The van der Waals surface area contributed by atoms with E-state index in [0.717, 1.165) is 45.0 Å². The van der Waals surface area contributed by atoms with Gasteiger partial charge in [0.15, 0.2) is 0 Å². The highest BCUT2D eigenvalue weighted by molar-refractivity contribution is 7.87. The summed E-state index contributed by atoms with van der Waals surface area (Å²) in [6, 6.07) is 12.4. The molecular weight excluding hydrogens is 514 g/mol. The first-order valence-corrected chi connectivity index (χ1v) is 14.0. The monoisotopic (exact) mass is 537 g/mol. The third kappa shape index (κ3) is 4.15. The Morgan fingerprint density at radius 2 is 1.81 bits per heavy atom. The van der Waals surface area contributed by atoms with Gasteiger partial charge in [0.1, 0.15) is 17.4 Å². The number of alkyl halides is 3. The molecule has 3 aliphatic rings. The van der Waals surface area contributed by atoms with E-state index in [0.29, 0.717) is 17.1 Å². The molecule has 1 saturated carbocycles. The van der Waals surface area contributed by atoms with Crippen molar-refractivity contribution in [1.29, 1.82) is 0 Å². The molecule has 190 valence electrons. The maximum absolute atomic E-state index is 13.6. The summed E-state index contributed by atoms with van der Waals surface area (Å²) in [7, 11) is -4.21. The number of hydrogen-bond acceptors (Lipinski definition) is 4. The predicted molar refractivity (Wildman–Crippen MR) is 129 cm³/mol. The zero-order valence-electron chi connectivity index (χ0n) is 19.1. The fourth-order valence-electron chi connectivity index (χ4n) is 6.16. The number of nitrogens with one attached hydrogen (secondary N) is 1. The van der Waals surface area contributed by atoms with Crippen molar-refractivity contribution < 1.29 is 26.0 Å². The molecule has 2 bridgehead atoms. The molecule has 0 unspecified atom stereocenters. The van der Waals surface area contributed by atoms with Crippen LogP contribution in [0.3, 0.4) is 0 Å². The second-order valence-electron chi connectivity index (χ2n) is 9.93. The second kappa shape index (κ2) is 8.34. The maximum atomic E-state index is 13.6. The minimum Gasteiger partial charge on any atom is -0.244 e. The molecule has 6 rings (SSSR count). The molecule has 1 spiro atoms. The number of nitrogens with zero attached hydrogens (tertiary/aromatic N) is 2. The average molecular weight is 538 g/mol. The summed E-state index contributed by atoms with van der Waals surface area (Å²) in [6.45, 7) is -1.63. The van der Waals surface area contributed by atoms with Crippen LogP contribution in [0.5, 0.6) is 0 Å². The van der Waals surface area contributed by atoms with E-state index in [2.05, 4.69) is 15.8 Å². The topological polar surface area (TPSA) is 62.3 Å². The highest BCUT2D eigenvalue weighted by Gasteiger charge is 2.60. The summed E-state index contributed by atoms with van der Waals surface area (Å²) < 4.78 is 81.5. The Labute approximate surface area is 210 Å². The molecule has 1 saturated heterocycles. The van der Waals surface area contributed by atoms with Crippen molar-refractivity contribution >= 4 is 21.5 Å². The van der Waals surface area contributed by atoms with Crippen molar-refractivity contribution in [2.45, 2.75) is 37.4 Å². The Bertz CT molecular complexity index is 1440. The van der Waals surface area contributed by atoms with Crippen molar-refractivity contribution in [2.24, 2.45) is 11.8 Å². The van der Waals surface area contributed by atoms with Gasteiger partial charge in [-0.3, -0.25) is 0 Å². The standard InChI is InChI=1S/C25H23F4N3O2S2/c26-21-3-1-2-16(11-21)22-12-30-23(35-22)17-5-4-15-9-19-6-7-20(10-18(15)8-17)24(19)13-32(14-25(27,28)29)36(33,34)31-24/h1-5,8,11-12,19-20,31H,6-7,9-10,13-14H2/t19-,20+,24-/m1/s1. The van der Waals surface area contributed by atoms with Crippen LogP contribution >= 0.6 is 11.3 Å². The maximum Gasteiger partial charge on any atom is 0.402 e. The molecule has 1 N–H and O–H groups in total. The highest BCUT2D eigenvalue weighted by Crippen LogP contribution is 2.51. The van der Waals surface area contributed by atoms with Gasteiger partial charge < -0.3 is 0 Å². The molecule has 2 aromatic carbocycles. The molecule has 1 aliphatic heterocycles. The predicted octanol–water partition coefficient (Wildman–Crippen LogP) is 5.19. The van der Waals surface area contributed by atoms with Crippen LogP contribution in [0.4, 0.5) is 17.6 Å². The van der Waals surface area contributed by atoms with Crippen LogP contribution in [0, 0.1) is 17.7 Å². The average Bonchev–Trinajstić information content (AvgIpc) is 3.43. The molecule has 2 fully saturated rings. The molecule has 5 nitrogen and oxygen atoms in total. The zero-order valence-corrected chi connectivity index (χ0v) is 20.7. The van der Waals surface area contributed by atoms with Gasteiger partial charge in [0.05, 0.1) is 10.4 Å². The summed E-state index contributed by atoms with van der Waals surface area (Å²) in [4.78, 5) is 5.39. The molecule has 0 amide bonds. The lowest BCUT2D eigenvalue weighted by molar-refractivity contribution is -0.136. The van der Waals surface area contributed by atoms with Crippen LogP contribution in [-0.2, 0) is 23.1 Å². The second-order valence-corrected chi connectivity index (χ2v) is 12.6. The number of hydrogen-bond donors (Lipinski definition) is 1. The van der Waals surface area contributed by atoms with Gasteiger partial charge in [-0.15, -0.1) is 11.3 Å². The summed E-state index contributed by atoms with van der Waals surface area (Å²) in [6.07, 6.45) is -0.138. The van der Waals surface area contributed by atoms with E-state index in [4.69, 9.17) is 0 Å². The lowest BCUT2D eigenvalue weighted by atomic mass is 9.79. The van der Waals surface area contributed by atoms with Gasteiger partial charge in [0.2, 0.25) is 0 Å². The summed E-state index contributed by atoms with van der Waals surface area (Å²) >= 11 is 1.46. The van der Waals surface area contributed by atoms with Gasteiger partial charge >= 0.3 is 6.18 Å². The van der Waals surface area contributed by atoms with E-state index in [9.17, 15) is 26.0 Å². The quantitative estimate of drug-likeness (QED) is 0.468. The molecule has 1 aromatic heterocycles. The first kappa shape index (κ1) is 24.0. The van der Waals surface area contributed by atoms with E-state index in [1.165, 1.54) is 23.5 Å². The van der Waals surface area contributed by atoms with Crippen LogP contribution in [0.15, 0.2) is 48.7 Å². The van der Waals surface area contributed by atoms with Crippen molar-refractivity contribution in [3.8, 4) is 21.0 Å². The number of fused-ring (bicyclic) bond motifs is 1. The molecule has 2 heterocycles. The van der Waals surface area contributed by atoms with Gasteiger partial charge in [-0.05, 0) is 72.4 Å². The molecular formula is C25H23F4N3O2S2. The molecule has 0 radical (unpaired) electrons. The summed E-state index contributed by atoms with van der Waals surface area (Å²) in [5, 5.41) is 0.791. The summed E-state index contributed by atoms with van der Waals surface area (Å²) in [5.41, 5.74) is 2.95. The third-order valence-corrected chi connectivity index (χ3v) is 10.4. The Morgan fingerprint density at radius 3 is 2.53 bits per heavy atom. The van der Waals surface area contributed by atoms with Crippen LogP contribution < -0.4 is 4.72 Å². The first-order valence-electron chi connectivity index (χ1n) is 11.7. The number of thiazole rings is 1. The van der Waals surface area contributed by atoms with Crippen LogP contribution in [-0.4, -0.2) is 42.5 Å². The SMILES string of the molecule is O=S1(=O)N[C@]2(CN1CC(F)(F)F)[C@@H]1CC[C@H]2Cc2cc(-c3ncc(-c4cccc(F)c4)s3)ccc2C1. The van der Waals surface area contributed by atoms with Crippen LogP contribution in [0.1, 0.15) is 24.0 Å². The Kier molecular flexibility index (Phi) is 5.56. The lowest BCUT2D eigenvalue weighted by Crippen LogP contribution is -2.52. The van der Waals surface area contributed by atoms with Crippen LogP contribution in [0.25, 0.3) is 21.0 Å². The van der Waals surface area contributed by atoms with Gasteiger partial charge in [-0.25, -0.2) is 9.37 Å². The van der Waals surface area contributed by atoms with Crippen molar-refractivity contribution in [3.63, 3.8) is 0 Å². The smallest absolute Gasteiger partial charge is 0.244 e. The fraction of sp³-hybridized carbons (Fsp3) is 0.400. The van der Waals surface area contributed by atoms with Crippen molar-refractivity contribution in [2.75, 3.05) is 13.1 Å². The lowest BCUT2D eigenvalue weighted by Gasteiger charge is -2.33. The van der Waals surface area contributed by atoms with Gasteiger partial charge in [0.25, 0.3) is 10.2 Å². The van der Waals surface area contributed by atoms with E-state index in [-0.39, 0.29) is 24.2 Å². The van der Waals surface area contributed by atoms with Gasteiger partial charge in [-0.2, -0.15) is 30.6 Å². The van der Waals surface area contributed by atoms with E-state index < -0.39 is 28.5 Å². The van der Waals surface area contributed by atoms with Crippen LogP contribution in [0.2, 0.25) is 0 Å². The Morgan fingerprint density at radius 1 is 1.06 bits per heavy atom. The Balaban J connectivity index is 1.29. The van der Waals surface area contributed by atoms with Crippen molar-refractivity contribution in [3.05, 3.63) is 65.6 Å². The molecule has 2 aliphatic carbocycles. The molecule has 36 heavy (non-hydrogen) atoms. The highest BCUT2D eigenvalue weighted by atomic mass is 32.2. The minimum absolute atomic E-state index is 0.0675. The first-order chi connectivity index (χ1) is 17.0. The largest absolute Gasteiger partial charge is 0.402 e. The van der Waals surface area contributed by atoms with E-state index in [1.54, 1.807) is 12.3 Å². The van der Waals surface area contributed by atoms with Gasteiger partial charge in [-0.1, -0.05) is 24.3 Å². The Hall–Kier alpha value is -2.34.